The molecule has 0 aliphatic heterocycles. The summed E-state index contributed by atoms with van der Waals surface area (Å²) in [4.78, 5) is 16.5. The van der Waals surface area contributed by atoms with Gasteiger partial charge >= 0.3 is 5.97 Å². The highest BCUT2D eigenvalue weighted by molar-refractivity contribution is 5.76. The molecular formula is C25H32N2O3. The van der Waals surface area contributed by atoms with Crippen LogP contribution in [0.15, 0.2) is 48.5 Å². The number of ether oxygens (including phenoxy) is 2. The first-order valence-electron chi connectivity index (χ1n) is 10.9. The van der Waals surface area contributed by atoms with Gasteiger partial charge in [0.2, 0.25) is 0 Å². The van der Waals surface area contributed by atoms with E-state index in [2.05, 4.69) is 48.7 Å². The van der Waals surface area contributed by atoms with Crippen molar-refractivity contribution in [2.75, 3.05) is 7.11 Å². The van der Waals surface area contributed by atoms with Crippen LogP contribution in [-0.2, 0) is 22.5 Å². The van der Waals surface area contributed by atoms with E-state index in [-0.39, 0.29) is 18.5 Å². The highest BCUT2D eigenvalue weighted by Crippen LogP contribution is 2.22. The molecule has 160 valence electrons. The second kappa shape index (κ2) is 10.8. The minimum atomic E-state index is -0.239. The van der Waals surface area contributed by atoms with Crippen LogP contribution in [0.2, 0.25) is 0 Å². The summed E-state index contributed by atoms with van der Waals surface area (Å²) in [6.45, 7) is 5.07. The molecule has 0 N–H and O–H groups in total. The number of unbranched alkanes of at least 4 members (excludes halogenated alkanes) is 1. The summed E-state index contributed by atoms with van der Waals surface area (Å²) in [6.07, 6.45) is 5.15. The Morgan fingerprint density at radius 3 is 2.53 bits per heavy atom. The van der Waals surface area contributed by atoms with E-state index in [1.54, 1.807) is 0 Å². The van der Waals surface area contributed by atoms with Gasteiger partial charge in [0.1, 0.15) is 17.7 Å². The topological polar surface area (TPSA) is 53.4 Å². The Labute approximate surface area is 179 Å². The smallest absolute Gasteiger partial charge is 0.309 e. The first-order chi connectivity index (χ1) is 14.6. The lowest BCUT2D eigenvalue weighted by Gasteiger charge is -2.18. The monoisotopic (exact) mass is 408 g/mol. The predicted molar refractivity (Wildman–Crippen MR) is 120 cm³/mol. The maximum absolute atomic E-state index is 11.6. The first kappa shape index (κ1) is 21.9. The summed E-state index contributed by atoms with van der Waals surface area (Å²) in [7, 11) is 1.41. The number of aromatic nitrogens is 2. The molecule has 2 aromatic carbocycles. The van der Waals surface area contributed by atoms with Crippen LogP contribution >= 0.6 is 0 Å². The van der Waals surface area contributed by atoms with Crippen molar-refractivity contribution < 1.29 is 14.3 Å². The highest BCUT2D eigenvalue weighted by atomic mass is 16.5. The van der Waals surface area contributed by atoms with Crippen molar-refractivity contribution in [2.24, 2.45) is 0 Å². The molecule has 0 aliphatic carbocycles. The highest BCUT2D eigenvalue weighted by Gasteiger charge is 2.16. The molecule has 1 heterocycles. The van der Waals surface area contributed by atoms with Crippen LogP contribution in [0, 0.1) is 0 Å². The predicted octanol–water partition coefficient (Wildman–Crippen LogP) is 5.54. The van der Waals surface area contributed by atoms with Gasteiger partial charge in [0.05, 0.1) is 24.6 Å². The fourth-order valence-electron chi connectivity index (χ4n) is 3.67. The van der Waals surface area contributed by atoms with Crippen LogP contribution < -0.4 is 4.74 Å². The molecule has 30 heavy (non-hydrogen) atoms. The zero-order valence-electron chi connectivity index (χ0n) is 18.3. The van der Waals surface area contributed by atoms with E-state index in [9.17, 15) is 4.79 Å². The van der Waals surface area contributed by atoms with Crippen molar-refractivity contribution in [2.45, 2.75) is 65.0 Å². The van der Waals surface area contributed by atoms with Crippen LogP contribution in [0.4, 0.5) is 0 Å². The Hall–Kier alpha value is -2.82. The Balaban J connectivity index is 1.74. The average molecular weight is 409 g/mol. The van der Waals surface area contributed by atoms with Gasteiger partial charge < -0.3 is 14.0 Å². The van der Waals surface area contributed by atoms with E-state index >= 15 is 0 Å². The van der Waals surface area contributed by atoms with Crippen LogP contribution in [0.1, 0.15) is 57.3 Å². The second-order valence-electron chi connectivity index (χ2n) is 7.66. The zero-order valence-corrected chi connectivity index (χ0v) is 18.3. The number of benzene rings is 2. The lowest BCUT2D eigenvalue weighted by atomic mass is 10.1. The molecule has 0 saturated heterocycles. The summed E-state index contributed by atoms with van der Waals surface area (Å²) in [5.41, 5.74) is 3.42. The summed E-state index contributed by atoms with van der Waals surface area (Å²) < 4.78 is 13.2. The molecule has 0 saturated carbocycles. The molecule has 3 rings (SSSR count). The fourth-order valence-corrected chi connectivity index (χ4v) is 3.67. The minimum absolute atomic E-state index is 0.161. The Morgan fingerprint density at radius 2 is 1.83 bits per heavy atom. The van der Waals surface area contributed by atoms with E-state index in [0.29, 0.717) is 0 Å². The second-order valence-corrected chi connectivity index (χ2v) is 7.66. The molecule has 0 bridgehead atoms. The molecule has 0 radical (unpaired) electrons. The third-order valence-electron chi connectivity index (χ3n) is 5.29. The number of nitrogens with zero attached hydrogens (tertiary/aromatic N) is 2. The van der Waals surface area contributed by atoms with Gasteiger partial charge in [-0.3, -0.25) is 4.79 Å². The van der Waals surface area contributed by atoms with Crippen molar-refractivity contribution in [1.82, 2.24) is 9.55 Å². The molecule has 1 atom stereocenters. The third kappa shape index (κ3) is 5.62. The normalized spacial score (nSPS) is 12.1. The van der Waals surface area contributed by atoms with Crippen molar-refractivity contribution in [1.29, 1.82) is 0 Å². The van der Waals surface area contributed by atoms with Crippen molar-refractivity contribution in [3.8, 4) is 5.75 Å². The van der Waals surface area contributed by atoms with Gasteiger partial charge in [0.15, 0.2) is 0 Å². The molecule has 0 fully saturated rings. The van der Waals surface area contributed by atoms with E-state index in [1.165, 1.54) is 18.2 Å². The van der Waals surface area contributed by atoms with Gasteiger partial charge in [0, 0.05) is 13.0 Å². The molecule has 3 aromatic rings. The molecular weight excluding hydrogens is 376 g/mol. The van der Waals surface area contributed by atoms with E-state index in [4.69, 9.17) is 14.5 Å². The van der Waals surface area contributed by atoms with Gasteiger partial charge in [-0.1, -0.05) is 51.0 Å². The number of imidazole rings is 1. The number of hydrogen-bond acceptors (Lipinski definition) is 4. The lowest BCUT2D eigenvalue weighted by Crippen LogP contribution is -2.21. The van der Waals surface area contributed by atoms with Gasteiger partial charge in [0.25, 0.3) is 0 Å². The van der Waals surface area contributed by atoms with Crippen molar-refractivity contribution >= 4 is 17.0 Å². The van der Waals surface area contributed by atoms with Crippen LogP contribution in [0.5, 0.6) is 5.75 Å². The fraction of sp³-hybridized carbons (Fsp3) is 0.440. The minimum Gasteiger partial charge on any atom is -0.490 e. The number of rotatable bonds is 11. The largest absolute Gasteiger partial charge is 0.490 e. The molecule has 0 spiro atoms. The van der Waals surface area contributed by atoms with E-state index < -0.39 is 0 Å². The molecule has 5 nitrogen and oxygen atoms in total. The standard InChI is InChI=1S/C25H32N2O3/c1-4-6-12-24-26-22-10-7-8-11-23(22)27(24)18-19-13-15-20(16-14-19)30-21(9-5-2)17-25(28)29-3/h7-8,10-11,13-16,21H,4-6,9,12,17-18H2,1-3H3. The number of methoxy groups -OCH3 is 1. The molecule has 0 aliphatic rings. The molecule has 5 heteroatoms. The first-order valence-corrected chi connectivity index (χ1v) is 10.9. The molecule has 1 unspecified atom stereocenters. The van der Waals surface area contributed by atoms with Gasteiger partial charge in [-0.2, -0.15) is 0 Å². The number of esters is 1. The zero-order chi connectivity index (χ0) is 21.3. The molecule has 1 aromatic heterocycles. The van der Waals surface area contributed by atoms with Gasteiger partial charge in [-0.25, -0.2) is 4.98 Å². The maximum Gasteiger partial charge on any atom is 0.309 e. The third-order valence-corrected chi connectivity index (χ3v) is 5.29. The summed E-state index contributed by atoms with van der Waals surface area (Å²) >= 11 is 0. The quantitative estimate of drug-likeness (QED) is 0.391. The Morgan fingerprint density at radius 1 is 1.07 bits per heavy atom. The number of hydrogen-bond donors (Lipinski definition) is 0. The van der Waals surface area contributed by atoms with E-state index in [0.717, 1.165) is 55.7 Å². The summed E-state index contributed by atoms with van der Waals surface area (Å²) in [5.74, 6) is 1.68. The van der Waals surface area contributed by atoms with Crippen LogP contribution in [-0.4, -0.2) is 28.7 Å². The van der Waals surface area contributed by atoms with Gasteiger partial charge in [-0.15, -0.1) is 0 Å². The number of carbonyl (C=O) groups is 1. The van der Waals surface area contributed by atoms with Crippen LogP contribution in [0.3, 0.4) is 0 Å². The lowest BCUT2D eigenvalue weighted by molar-refractivity contribution is -0.142. The van der Waals surface area contributed by atoms with Crippen LogP contribution in [0.25, 0.3) is 11.0 Å². The number of carbonyl (C=O) groups excluding carboxylic acids is 1. The maximum atomic E-state index is 11.6. The number of aryl methyl sites for hydroxylation is 1. The SMILES string of the molecule is CCCCc1nc2ccccc2n1Cc1ccc(OC(CCC)CC(=O)OC)cc1. The average Bonchev–Trinajstić information content (AvgIpc) is 3.11. The summed E-state index contributed by atoms with van der Waals surface area (Å²) in [5, 5.41) is 0. The van der Waals surface area contributed by atoms with Crippen molar-refractivity contribution in [3.05, 3.63) is 59.9 Å². The summed E-state index contributed by atoms with van der Waals surface area (Å²) in [6, 6.07) is 16.5. The Kier molecular flexibility index (Phi) is 7.89. The molecule has 0 amide bonds. The Bertz CT molecular complexity index is 947. The van der Waals surface area contributed by atoms with Crippen molar-refractivity contribution in [3.63, 3.8) is 0 Å². The number of para-hydroxylation sites is 2. The van der Waals surface area contributed by atoms with E-state index in [1.807, 2.05) is 18.2 Å². The van der Waals surface area contributed by atoms with Gasteiger partial charge in [-0.05, 0) is 42.7 Å². The number of fused-ring (bicyclic) bond motifs is 1.